The van der Waals surface area contributed by atoms with Crippen LogP contribution in [0.5, 0.6) is 0 Å². The molecule has 9 heteroatoms. The molecule has 3 aliphatic rings. The molecule has 4 nitrogen and oxygen atoms in total. The number of aliphatic hydroxyl groups is 1. The van der Waals surface area contributed by atoms with Crippen LogP contribution in [0.4, 0.5) is 17.3 Å². The first-order valence-corrected chi connectivity index (χ1v) is 9.87. The molecule has 0 aromatic heterocycles. The quantitative estimate of drug-likeness (QED) is 0.287. The Labute approximate surface area is 153 Å². The summed E-state index contributed by atoms with van der Waals surface area (Å²) in [4.78, 5) is 0. The van der Waals surface area contributed by atoms with Crippen molar-refractivity contribution in [3.05, 3.63) is 0 Å². The molecule has 0 amide bonds. The lowest BCUT2D eigenvalue weighted by Gasteiger charge is -2.35. The monoisotopic (exact) mass is 381 g/mol. The van der Waals surface area contributed by atoms with Crippen molar-refractivity contribution in [2.75, 3.05) is 0 Å². The molecule has 0 unspecified atom stereocenters. The van der Waals surface area contributed by atoms with E-state index < -0.39 is 7.25 Å². The number of nitrogens with one attached hydrogen (secondary N) is 2. The summed E-state index contributed by atoms with van der Waals surface area (Å²) in [5.41, 5.74) is 0. The molecular formula is C17H32BF4N3O. The van der Waals surface area contributed by atoms with Gasteiger partial charge < -0.3 is 22.4 Å². The van der Waals surface area contributed by atoms with Crippen LogP contribution in [0, 0.1) is 0 Å². The molecule has 1 fully saturated rings. The minimum Gasteiger partial charge on any atom is -0.418 e. The van der Waals surface area contributed by atoms with Crippen molar-refractivity contribution < 1.29 is 26.9 Å². The highest BCUT2D eigenvalue weighted by molar-refractivity contribution is 6.50. The van der Waals surface area contributed by atoms with Crippen LogP contribution in [0.3, 0.4) is 0 Å². The van der Waals surface area contributed by atoms with E-state index in [0.717, 1.165) is 24.9 Å². The maximum atomic E-state index is 9.75. The maximum absolute atomic E-state index is 9.75. The third-order valence-corrected chi connectivity index (χ3v) is 5.46. The van der Waals surface area contributed by atoms with E-state index in [-0.39, 0.29) is 6.10 Å². The number of hydrogen-bond acceptors (Lipinski definition) is 3. The van der Waals surface area contributed by atoms with Crippen LogP contribution >= 0.6 is 0 Å². The summed E-state index contributed by atoms with van der Waals surface area (Å²) in [6.45, 7) is 4.19. The average molecular weight is 381 g/mol. The van der Waals surface area contributed by atoms with Gasteiger partial charge in [-0.05, 0) is 39.5 Å². The second-order valence-electron chi connectivity index (χ2n) is 7.98. The van der Waals surface area contributed by atoms with E-state index in [2.05, 4.69) is 22.1 Å². The summed E-state index contributed by atoms with van der Waals surface area (Å²) < 4.78 is 41.6. The van der Waals surface area contributed by atoms with E-state index in [1.165, 1.54) is 50.9 Å². The molecule has 3 aliphatic heterocycles. The fraction of sp³-hybridized carbons (Fsp3) is 0.941. The summed E-state index contributed by atoms with van der Waals surface area (Å²) in [5.74, 6) is 1.32. The van der Waals surface area contributed by atoms with Crippen molar-refractivity contribution in [1.82, 2.24) is 10.6 Å². The topological polar surface area (TPSA) is 47.3 Å². The SMILES string of the molecule is C[C@H](O)CCCCC[C@@H]1C[C@H]2CC[C@H]3C[C@@H](C)NC(=[N+]23)N1.F[B-](F)(F)F. The van der Waals surface area contributed by atoms with Crippen molar-refractivity contribution in [3.63, 3.8) is 0 Å². The molecule has 0 radical (unpaired) electrons. The number of unbranched alkanes of at least 4 members (excludes halogenated alkanes) is 2. The van der Waals surface area contributed by atoms with Crippen LogP contribution in [0.1, 0.15) is 71.6 Å². The molecule has 0 aromatic rings. The highest BCUT2D eigenvalue weighted by Gasteiger charge is 2.44. The first kappa shape index (κ1) is 21.3. The Morgan fingerprint density at radius 1 is 1.08 bits per heavy atom. The highest BCUT2D eigenvalue weighted by Crippen LogP contribution is 2.31. The number of nitrogens with zero attached hydrogens (tertiary/aromatic N) is 1. The standard InChI is InChI=1S/C17H31N3O.BF4/c1-12-10-15-8-9-16-11-14(19-17(18-12)20(15)16)7-5-3-4-6-13(2)21;2-1(3,4)5/h12-16,21H,3-11H2,1-2H3,(H,18,19);/q;-1/p+1/t12-,13+,14-,15+,16-;/m1./s1. The smallest absolute Gasteiger partial charge is 0.418 e. The molecule has 3 heterocycles. The molecule has 0 bridgehead atoms. The van der Waals surface area contributed by atoms with Gasteiger partial charge in [0.1, 0.15) is 0 Å². The van der Waals surface area contributed by atoms with Gasteiger partial charge in [-0.25, -0.2) is 0 Å². The zero-order valence-corrected chi connectivity index (χ0v) is 15.7. The predicted molar refractivity (Wildman–Crippen MR) is 95.8 cm³/mol. The predicted octanol–water partition coefficient (Wildman–Crippen LogP) is 3.26. The normalized spacial score (nSPS) is 31.3. The number of hydrogen-bond donors (Lipinski definition) is 3. The summed E-state index contributed by atoms with van der Waals surface area (Å²) in [6, 6.07) is 2.80. The summed E-state index contributed by atoms with van der Waals surface area (Å²) in [7, 11) is -6.00. The van der Waals surface area contributed by atoms with Crippen LogP contribution in [-0.4, -0.2) is 53.2 Å². The van der Waals surface area contributed by atoms with E-state index in [9.17, 15) is 22.4 Å². The van der Waals surface area contributed by atoms with Gasteiger partial charge in [0.15, 0.2) is 0 Å². The fourth-order valence-electron chi connectivity index (χ4n) is 4.46. The van der Waals surface area contributed by atoms with Crippen molar-refractivity contribution in [3.8, 4) is 0 Å². The molecule has 0 saturated carbocycles. The summed E-state index contributed by atoms with van der Waals surface area (Å²) in [6.07, 6.45) is 11.1. The zero-order chi connectivity index (χ0) is 19.3. The number of guanidine groups is 1. The molecule has 26 heavy (non-hydrogen) atoms. The average Bonchev–Trinajstić information content (AvgIpc) is 2.88. The Hall–Kier alpha value is -0.985. The van der Waals surface area contributed by atoms with Gasteiger partial charge in [0.2, 0.25) is 0 Å². The fourth-order valence-corrected chi connectivity index (χ4v) is 4.46. The van der Waals surface area contributed by atoms with Crippen LogP contribution in [-0.2, 0) is 0 Å². The van der Waals surface area contributed by atoms with E-state index in [1.807, 2.05) is 6.92 Å². The third-order valence-electron chi connectivity index (χ3n) is 5.46. The van der Waals surface area contributed by atoms with E-state index >= 15 is 0 Å². The van der Waals surface area contributed by atoms with Gasteiger partial charge in [0.05, 0.1) is 30.3 Å². The molecule has 0 aromatic carbocycles. The van der Waals surface area contributed by atoms with Crippen LogP contribution in [0.15, 0.2) is 0 Å². The molecular weight excluding hydrogens is 349 g/mol. The van der Waals surface area contributed by atoms with Crippen LogP contribution in [0.2, 0.25) is 0 Å². The van der Waals surface area contributed by atoms with Gasteiger partial charge in [0.25, 0.3) is 0 Å². The molecule has 5 atom stereocenters. The Kier molecular flexibility index (Phi) is 7.61. The van der Waals surface area contributed by atoms with Crippen molar-refractivity contribution in [2.24, 2.45) is 0 Å². The van der Waals surface area contributed by atoms with E-state index in [4.69, 9.17) is 0 Å². The van der Waals surface area contributed by atoms with Crippen molar-refractivity contribution in [1.29, 1.82) is 0 Å². The molecule has 1 saturated heterocycles. The first-order valence-electron chi connectivity index (χ1n) is 9.87. The highest BCUT2D eigenvalue weighted by atomic mass is 19.5. The summed E-state index contributed by atoms with van der Waals surface area (Å²) >= 11 is 0. The zero-order valence-electron chi connectivity index (χ0n) is 15.7. The molecule has 0 aliphatic carbocycles. The maximum Gasteiger partial charge on any atom is 0.673 e. The number of rotatable bonds is 6. The number of halogens is 4. The molecule has 0 spiro atoms. The molecule has 152 valence electrons. The number of aliphatic hydroxyl groups excluding tert-OH is 1. The van der Waals surface area contributed by atoms with E-state index in [1.54, 1.807) is 0 Å². The Morgan fingerprint density at radius 2 is 1.69 bits per heavy atom. The largest absolute Gasteiger partial charge is 0.673 e. The lowest BCUT2D eigenvalue weighted by atomic mass is 9.97. The van der Waals surface area contributed by atoms with Gasteiger partial charge in [-0.3, -0.25) is 15.2 Å². The van der Waals surface area contributed by atoms with Crippen molar-refractivity contribution >= 4 is 13.2 Å². The molecule has 3 N–H and O–H groups in total. The van der Waals surface area contributed by atoms with Gasteiger partial charge in [-0.2, -0.15) is 0 Å². The minimum atomic E-state index is -6.00. The first-order chi connectivity index (χ1) is 12.1. The molecule has 3 rings (SSSR count). The second kappa shape index (κ2) is 9.28. The third kappa shape index (κ3) is 6.97. The Bertz CT molecular complexity index is 481. The van der Waals surface area contributed by atoms with Gasteiger partial charge in [-0.1, -0.05) is 19.3 Å². The second-order valence-corrected chi connectivity index (χ2v) is 7.98. The van der Waals surface area contributed by atoms with Crippen LogP contribution < -0.4 is 10.6 Å². The Morgan fingerprint density at radius 3 is 2.31 bits per heavy atom. The van der Waals surface area contributed by atoms with Gasteiger partial charge in [-0.15, -0.1) is 0 Å². The van der Waals surface area contributed by atoms with E-state index in [0.29, 0.717) is 12.1 Å². The van der Waals surface area contributed by atoms with Gasteiger partial charge in [0, 0.05) is 12.8 Å². The minimum absolute atomic E-state index is 0.134. The van der Waals surface area contributed by atoms with Gasteiger partial charge >= 0.3 is 13.2 Å². The van der Waals surface area contributed by atoms with Crippen LogP contribution in [0.25, 0.3) is 0 Å². The lowest BCUT2D eigenvalue weighted by Crippen LogP contribution is -2.61. The Balaban J connectivity index is 0.000000431. The lowest BCUT2D eigenvalue weighted by molar-refractivity contribution is -0.593. The van der Waals surface area contributed by atoms with Crippen molar-refractivity contribution in [2.45, 2.75) is 102 Å². The summed E-state index contributed by atoms with van der Waals surface area (Å²) in [5, 5.41) is 16.7.